The lowest BCUT2D eigenvalue weighted by molar-refractivity contribution is 0.141. The highest BCUT2D eigenvalue weighted by atomic mass is 28.4. The van der Waals surface area contributed by atoms with Gasteiger partial charge in [0.1, 0.15) is 0 Å². The van der Waals surface area contributed by atoms with Crippen molar-refractivity contribution in [3.8, 4) is 0 Å². The van der Waals surface area contributed by atoms with Crippen LogP contribution in [-0.2, 0) is 13.3 Å². The smallest absolute Gasteiger partial charge is 0.192 e. The molecule has 0 heterocycles. The van der Waals surface area contributed by atoms with Gasteiger partial charge in [0.05, 0.1) is 0 Å². The minimum atomic E-state index is -1.72. The molecule has 0 aliphatic carbocycles. The molecular weight excluding hydrogens is 435 g/mol. The van der Waals surface area contributed by atoms with Gasteiger partial charge in [0.15, 0.2) is 25.0 Å². The Labute approximate surface area is 199 Å². The molecule has 0 rings (SSSR count). The molecule has 0 fully saturated rings. The standard InChI is InChI=1S/C24H57NO3Si3/c1-22(2,3)29(10,11)26-19-16-25(17-20-27-30(12,13)23(4,5)6)18-21-28-31(14,15)24(7,8)9/h16-21H2,1-15H3. The summed E-state index contributed by atoms with van der Waals surface area (Å²) < 4.78 is 19.4. The van der Waals surface area contributed by atoms with Gasteiger partial charge in [0, 0.05) is 39.5 Å². The Morgan fingerprint density at radius 1 is 0.452 bits per heavy atom. The minimum absolute atomic E-state index is 0.245. The fraction of sp³-hybridized carbons (Fsp3) is 1.00. The molecule has 188 valence electrons. The molecular formula is C24H57NO3Si3. The van der Waals surface area contributed by atoms with Gasteiger partial charge in [0.25, 0.3) is 0 Å². The zero-order valence-electron chi connectivity index (χ0n) is 23.9. The molecule has 0 aliphatic heterocycles. The average molecular weight is 492 g/mol. The van der Waals surface area contributed by atoms with Crippen LogP contribution in [0.5, 0.6) is 0 Å². The van der Waals surface area contributed by atoms with Crippen LogP contribution in [0.1, 0.15) is 62.3 Å². The van der Waals surface area contributed by atoms with Crippen LogP contribution in [0.2, 0.25) is 54.4 Å². The van der Waals surface area contributed by atoms with Crippen LogP contribution < -0.4 is 0 Å². The van der Waals surface area contributed by atoms with E-state index in [0.29, 0.717) is 0 Å². The van der Waals surface area contributed by atoms with Gasteiger partial charge in [-0.1, -0.05) is 62.3 Å². The maximum atomic E-state index is 6.46. The van der Waals surface area contributed by atoms with E-state index >= 15 is 0 Å². The van der Waals surface area contributed by atoms with Gasteiger partial charge in [-0.25, -0.2) is 0 Å². The van der Waals surface area contributed by atoms with Gasteiger partial charge in [-0.05, 0) is 54.4 Å². The Morgan fingerprint density at radius 3 is 0.806 bits per heavy atom. The highest BCUT2D eigenvalue weighted by molar-refractivity contribution is 6.74. The van der Waals surface area contributed by atoms with E-state index in [4.69, 9.17) is 13.3 Å². The molecule has 4 nitrogen and oxygen atoms in total. The number of nitrogens with zero attached hydrogens (tertiary/aromatic N) is 1. The van der Waals surface area contributed by atoms with E-state index in [0.717, 1.165) is 39.5 Å². The van der Waals surface area contributed by atoms with Crippen molar-refractivity contribution >= 4 is 25.0 Å². The number of hydrogen-bond acceptors (Lipinski definition) is 4. The van der Waals surface area contributed by atoms with Gasteiger partial charge in [-0.2, -0.15) is 0 Å². The van der Waals surface area contributed by atoms with Crippen LogP contribution in [0.3, 0.4) is 0 Å². The Kier molecular flexibility index (Phi) is 11.5. The third-order valence-corrected chi connectivity index (χ3v) is 21.6. The fourth-order valence-electron chi connectivity index (χ4n) is 2.27. The second-order valence-electron chi connectivity index (χ2n) is 13.7. The summed E-state index contributed by atoms with van der Waals surface area (Å²) in [4.78, 5) is 2.48. The van der Waals surface area contributed by atoms with Gasteiger partial charge in [-0.3, -0.25) is 4.90 Å². The van der Waals surface area contributed by atoms with Gasteiger partial charge >= 0.3 is 0 Å². The van der Waals surface area contributed by atoms with Crippen LogP contribution in [0.4, 0.5) is 0 Å². The van der Waals surface area contributed by atoms with E-state index in [1.165, 1.54) is 0 Å². The van der Waals surface area contributed by atoms with Gasteiger partial charge < -0.3 is 13.3 Å². The van der Waals surface area contributed by atoms with Crippen molar-refractivity contribution in [2.24, 2.45) is 0 Å². The second-order valence-corrected chi connectivity index (χ2v) is 28.1. The van der Waals surface area contributed by atoms with Crippen LogP contribution in [0.15, 0.2) is 0 Å². The molecule has 0 unspecified atom stereocenters. The quantitative estimate of drug-likeness (QED) is 0.267. The van der Waals surface area contributed by atoms with Crippen LogP contribution in [0, 0.1) is 0 Å². The Morgan fingerprint density at radius 2 is 0.645 bits per heavy atom. The highest BCUT2D eigenvalue weighted by Gasteiger charge is 2.39. The summed E-state index contributed by atoms with van der Waals surface area (Å²) in [5, 5.41) is 0.734. The molecule has 0 spiro atoms. The maximum absolute atomic E-state index is 6.46. The summed E-state index contributed by atoms with van der Waals surface area (Å²) >= 11 is 0. The van der Waals surface area contributed by atoms with E-state index in [1.807, 2.05) is 0 Å². The predicted molar refractivity (Wildman–Crippen MR) is 146 cm³/mol. The predicted octanol–water partition coefficient (Wildman–Crippen LogP) is 7.35. The largest absolute Gasteiger partial charge is 0.416 e. The lowest BCUT2D eigenvalue weighted by Crippen LogP contribution is -2.46. The van der Waals surface area contributed by atoms with Crippen molar-refractivity contribution in [1.29, 1.82) is 0 Å². The summed E-state index contributed by atoms with van der Waals surface area (Å²) in [6, 6.07) is 0. The molecule has 0 radical (unpaired) electrons. The zero-order chi connectivity index (χ0) is 24.9. The van der Waals surface area contributed by atoms with E-state index in [9.17, 15) is 0 Å². The summed E-state index contributed by atoms with van der Waals surface area (Å²) in [6.07, 6.45) is 0. The first-order valence-electron chi connectivity index (χ1n) is 12.2. The molecule has 0 aliphatic rings. The van der Waals surface area contributed by atoms with Crippen molar-refractivity contribution < 1.29 is 13.3 Å². The van der Waals surface area contributed by atoms with Crippen molar-refractivity contribution in [1.82, 2.24) is 4.90 Å². The lowest BCUT2D eigenvalue weighted by Gasteiger charge is -2.38. The normalized spacial score (nSPS) is 15.1. The lowest BCUT2D eigenvalue weighted by atomic mass is 10.2. The van der Waals surface area contributed by atoms with Crippen molar-refractivity contribution in [2.75, 3.05) is 39.5 Å². The first-order valence-corrected chi connectivity index (χ1v) is 20.9. The van der Waals surface area contributed by atoms with Crippen LogP contribution >= 0.6 is 0 Å². The topological polar surface area (TPSA) is 30.9 Å². The Hall–Kier alpha value is 0.491. The van der Waals surface area contributed by atoms with Crippen molar-refractivity contribution in [2.45, 2.75) is 117 Å². The van der Waals surface area contributed by atoms with E-state index in [-0.39, 0.29) is 15.1 Å². The fourth-order valence-corrected chi connectivity index (χ4v) is 5.38. The molecule has 0 amide bonds. The third kappa shape index (κ3) is 10.5. The molecule has 7 heteroatoms. The van der Waals surface area contributed by atoms with E-state index in [2.05, 4.69) is 106 Å². The molecule has 0 atom stereocenters. The van der Waals surface area contributed by atoms with Crippen molar-refractivity contribution in [3.63, 3.8) is 0 Å². The Bertz CT molecular complexity index is 454. The summed E-state index contributed by atoms with van der Waals surface area (Å²) in [6.45, 7) is 39.9. The number of rotatable bonds is 12. The molecule has 0 aromatic heterocycles. The average Bonchev–Trinajstić information content (AvgIpc) is 2.50. The molecule has 0 aromatic rings. The van der Waals surface area contributed by atoms with E-state index < -0.39 is 25.0 Å². The summed E-state index contributed by atoms with van der Waals surface area (Å²) in [7, 11) is -5.16. The minimum Gasteiger partial charge on any atom is -0.416 e. The van der Waals surface area contributed by atoms with Crippen molar-refractivity contribution in [3.05, 3.63) is 0 Å². The van der Waals surface area contributed by atoms with Crippen LogP contribution in [0.25, 0.3) is 0 Å². The SMILES string of the molecule is CC(C)(C)[Si](C)(C)OCCN(CCO[Si](C)(C)C(C)(C)C)CCO[Si](C)(C)C(C)(C)C. The molecule has 0 bridgehead atoms. The maximum Gasteiger partial charge on any atom is 0.192 e. The molecule has 0 saturated heterocycles. The molecule has 0 saturated carbocycles. The molecule has 31 heavy (non-hydrogen) atoms. The first kappa shape index (κ1) is 31.5. The van der Waals surface area contributed by atoms with Crippen LogP contribution in [-0.4, -0.2) is 69.3 Å². The zero-order valence-corrected chi connectivity index (χ0v) is 26.9. The molecule has 0 aromatic carbocycles. The third-order valence-electron chi connectivity index (χ3n) is 8.03. The van der Waals surface area contributed by atoms with Gasteiger partial charge in [0.2, 0.25) is 0 Å². The molecule has 0 N–H and O–H groups in total. The monoisotopic (exact) mass is 491 g/mol. The second kappa shape index (κ2) is 11.3. The first-order chi connectivity index (χ1) is 13.5. The highest BCUT2D eigenvalue weighted by Crippen LogP contribution is 2.38. The van der Waals surface area contributed by atoms with Gasteiger partial charge in [-0.15, -0.1) is 0 Å². The Balaban J connectivity index is 4.94. The summed E-state index contributed by atoms with van der Waals surface area (Å²) in [5.41, 5.74) is 0. The summed E-state index contributed by atoms with van der Waals surface area (Å²) in [5.74, 6) is 0. The van der Waals surface area contributed by atoms with E-state index in [1.54, 1.807) is 0 Å². The number of hydrogen-bond donors (Lipinski definition) is 0.